The second-order valence-electron chi connectivity index (χ2n) is 6.99. The van der Waals surface area contributed by atoms with Crippen LogP contribution in [0.15, 0.2) is 0 Å². The molecule has 1 saturated carbocycles. The van der Waals surface area contributed by atoms with Crippen LogP contribution in [0.25, 0.3) is 0 Å². The molecule has 1 saturated heterocycles. The van der Waals surface area contributed by atoms with Crippen molar-refractivity contribution in [3.8, 4) is 0 Å². The number of urea groups is 1. The van der Waals surface area contributed by atoms with E-state index in [1.54, 1.807) is 11.8 Å². The van der Waals surface area contributed by atoms with Gasteiger partial charge in [-0.15, -0.1) is 0 Å². The van der Waals surface area contributed by atoms with Gasteiger partial charge in [0.15, 0.2) is 0 Å². The quantitative estimate of drug-likeness (QED) is 0.838. The van der Waals surface area contributed by atoms with E-state index in [2.05, 4.69) is 12.2 Å². The zero-order chi connectivity index (χ0) is 15.5. The van der Waals surface area contributed by atoms with Gasteiger partial charge in [0.1, 0.15) is 0 Å². The zero-order valence-electron chi connectivity index (χ0n) is 13.2. The van der Waals surface area contributed by atoms with Crippen molar-refractivity contribution in [3.63, 3.8) is 0 Å². The standard InChI is InChI=1S/C16H28N2O3/c1-3-4-12-5-7-13(8-6-12)17-15(21)18-10-9-16(2,11-18)14(19)20/h12-13H,3-11H2,1-2H3,(H,17,21)(H,19,20). The van der Waals surface area contributed by atoms with Crippen LogP contribution in [0.3, 0.4) is 0 Å². The van der Waals surface area contributed by atoms with Gasteiger partial charge in [-0.05, 0) is 44.9 Å². The summed E-state index contributed by atoms with van der Waals surface area (Å²) in [7, 11) is 0. The lowest BCUT2D eigenvalue weighted by Gasteiger charge is -2.30. The Morgan fingerprint density at radius 1 is 1.29 bits per heavy atom. The number of amides is 2. The van der Waals surface area contributed by atoms with Gasteiger partial charge in [0.2, 0.25) is 0 Å². The topological polar surface area (TPSA) is 69.6 Å². The smallest absolute Gasteiger partial charge is 0.317 e. The zero-order valence-corrected chi connectivity index (χ0v) is 13.2. The van der Waals surface area contributed by atoms with Crippen LogP contribution in [0.5, 0.6) is 0 Å². The highest BCUT2D eigenvalue weighted by Gasteiger charge is 2.42. The molecule has 0 aromatic rings. The molecule has 1 heterocycles. The minimum absolute atomic E-state index is 0.0843. The average molecular weight is 296 g/mol. The van der Waals surface area contributed by atoms with Crippen molar-refractivity contribution < 1.29 is 14.7 Å². The first-order valence-electron chi connectivity index (χ1n) is 8.23. The number of carboxylic acids is 1. The van der Waals surface area contributed by atoms with Crippen molar-refractivity contribution in [1.29, 1.82) is 0 Å². The van der Waals surface area contributed by atoms with Gasteiger partial charge in [-0.1, -0.05) is 19.8 Å². The number of hydrogen-bond acceptors (Lipinski definition) is 2. The fourth-order valence-corrected chi connectivity index (χ4v) is 3.58. The molecule has 21 heavy (non-hydrogen) atoms. The molecule has 120 valence electrons. The lowest BCUT2D eigenvalue weighted by Crippen LogP contribution is -2.46. The number of likely N-dealkylation sites (tertiary alicyclic amines) is 1. The van der Waals surface area contributed by atoms with Gasteiger partial charge in [0.25, 0.3) is 0 Å². The van der Waals surface area contributed by atoms with Crippen molar-refractivity contribution >= 4 is 12.0 Å². The molecule has 2 rings (SSSR count). The number of aliphatic carboxylic acids is 1. The van der Waals surface area contributed by atoms with E-state index in [9.17, 15) is 14.7 Å². The molecule has 0 aromatic carbocycles. The van der Waals surface area contributed by atoms with Gasteiger partial charge in [0.05, 0.1) is 5.41 Å². The van der Waals surface area contributed by atoms with E-state index in [4.69, 9.17) is 0 Å². The highest BCUT2D eigenvalue weighted by molar-refractivity contribution is 5.79. The Morgan fingerprint density at radius 3 is 2.48 bits per heavy atom. The Kier molecular flexibility index (Phi) is 5.12. The minimum atomic E-state index is -0.808. The number of carbonyl (C=O) groups is 2. The molecule has 2 amide bonds. The van der Waals surface area contributed by atoms with E-state index in [1.807, 2.05) is 0 Å². The first-order valence-corrected chi connectivity index (χ1v) is 8.23. The van der Waals surface area contributed by atoms with E-state index in [-0.39, 0.29) is 12.1 Å². The summed E-state index contributed by atoms with van der Waals surface area (Å²) in [6.45, 7) is 4.80. The minimum Gasteiger partial charge on any atom is -0.481 e. The number of carbonyl (C=O) groups excluding carboxylic acids is 1. The Bertz CT molecular complexity index is 391. The Hall–Kier alpha value is -1.26. The van der Waals surface area contributed by atoms with Gasteiger partial charge in [-0.2, -0.15) is 0 Å². The van der Waals surface area contributed by atoms with E-state index < -0.39 is 11.4 Å². The van der Waals surface area contributed by atoms with Gasteiger partial charge in [-0.25, -0.2) is 4.79 Å². The predicted molar refractivity (Wildman–Crippen MR) is 81.1 cm³/mol. The molecular formula is C16H28N2O3. The maximum absolute atomic E-state index is 12.3. The molecule has 0 radical (unpaired) electrons. The third kappa shape index (κ3) is 3.89. The molecule has 1 aliphatic carbocycles. The third-order valence-electron chi connectivity index (χ3n) is 5.15. The second-order valence-corrected chi connectivity index (χ2v) is 6.99. The lowest BCUT2D eigenvalue weighted by atomic mass is 9.83. The summed E-state index contributed by atoms with van der Waals surface area (Å²) < 4.78 is 0. The van der Waals surface area contributed by atoms with Crippen LogP contribution in [0.2, 0.25) is 0 Å². The molecule has 1 aliphatic heterocycles. The Morgan fingerprint density at radius 2 is 1.95 bits per heavy atom. The van der Waals surface area contributed by atoms with E-state index >= 15 is 0 Å². The van der Waals surface area contributed by atoms with Crippen LogP contribution < -0.4 is 5.32 Å². The number of nitrogens with one attached hydrogen (secondary N) is 1. The first-order chi connectivity index (χ1) is 9.94. The molecule has 5 heteroatoms. The highest BCUT2D eigenvalue weighted by Crippen LogP contribution is 2.31. The van der Waals surface area contributed by atoms with E-state index in [0.717, 1.165) is 18.8 Å². The van der Waals surface area contributed by atoms with Crippen LogP contribution in [-0.2, 0) is 4.79 Å². The van der Waals surface area contributed by atoms with Crippen LogP contribution in [0, 0.1) is 11.3 Å². The van der Waals surface area contributed by atoms with Crippen LogP contribution in [-0.4, -0.2) is 41.1 Å². The summed E-state index contributed by atoms with van der Waals surface area (Å²) in [4.78, 5) is 25.1. The van der Waals surface area contributed by atoms with Crippen molar-refractivity contribution in [2.24, 2.45) is 11.3 Å². The molecule has 5 nitrogen and oxygen atoms in total. The number of hydrogen-bond donors (Lipinski definition) is 2. The molecule has 0 spiro atoms. The van der Waals surface area contributed by atoms with Gasteiger partial charge in [0, 0.05) is 19.1 Å². The summed E-state index contributed by atoms with van der Waals surface area (Å²) >= 11 is 0. The monoisotopic (exact) mass is 296 g/mol. The number of nitrogens with zero attached hydrogens (tertiary/aromatic N) is 1. The van der Waals surface area contributed by atoms with E-state index in [0.29, 0.717) is 19.5 Å². The van der Waals surface area contributed by atoms with Gasteiger partial charge >= 0.3 is 12.0 Å². The Labute approximate surface area is 127 Å². The van der Waals surface area contributed by atoms with Crippen molar-refractivity contribution in [1.82, 2.24) is 10.2 Å². The highest BCUT2D eigenvalue weighted by atomic mass is 16.4. The average Bonchev–Trinajstić information content (AvgIpc) is 2.85. The SMILES string of the molecule is CCCC1CCC(NC(=O)N2CCC(C)(C(=O)O)C2)CC1. The van der Waals surface area contributed by atoms with E-state index in [1.165, 1.54) is 25.7 Å². The fourth-order valence-electron chi connectivity index (χ4n) is 3.58. The number of rotatable bonds is 4. The fraction of sp³-hybridized carbons (Fsp3) is 0.875. The van der Waals surface area contributed by atoms with Crippen molar-refractivity contribution in [2.45, 2.75) is 64.8 Å². The largest absolute Gasteiger partial charge is 0.481 e. The van der Waals surface area contributed by atoms with Gasteiger partial charge < -0.3 is 15.3 Å². The van der Waals surface area contributed by atoms with Crippen molar-refractivity contribution in [2.75, 3.05) is 13.1 Å². The number of carboxylic acid groups (broad SMARTS) is 1. The van der Waals surface area contributed by atoms with Crippen LogP contribution in [0.4, 0.5) is 4.79 Å². The molecule has 1 atom stereocenters. The maximum Gasteiger partial charge on any atom is 0.317 e. The van der Waals surface area contributed by atoms with Crippen LogP contribution >= 0.6 is 0 Å². The second kappa shape index (κ2) is 6.67. The van der Waals surface area contributed by atoms with Gasteiger partial charge in [-0.3, -0.25) is 4.79 Å². The predicted octanol–water partition coefficient (Wildman–Crippen LogP) is 2.85. The van der Waals surface area contributed by atoms with Crippen molar-refractivity contribution in [3.05, 3.63) is 0 Å². The molecular weight excluding hydrogens is 268 g/mol. The summed E-state index contributed by atoms with van der Waals surface area (Å²) in [6.07, 6.45) is 7.59. The summed E-state index contributed by atoms with van der Waals surface area (Å²) in [6, 6.07) is 0.182. The van der Waals surface area contributed by atoms with Crippen LogP contribution in [0.1, 0.15) is 58.8 Å². The molecule has 2 aliphatic rings. The molecule has 0 bridgehead atoms. The Balaban J connectivity index is 1.77. The summed E-state index contributed by atoms with van der Waals surface area (Å²) in [5.41, 5.74) is -0.782. The lowest BCUT2D eigenvalue weighted by molar-refractivity contribution is -0.147. The molecule has 2 N–H and O–H groups in total. The normalized spacial score (nSPS) is 33.0. The first kappa shape index (κ1) is 16.1. The summed E-state index contributed by atoms with van der Waals surface area (Å²) in [5.74, 6) is 0.0168. The molecule has 2 fully saturated rings. The molecule has 0 aromatic heterocycles. The summed E-state index contributed by atoms with van der Waals surface area (Å²) in [5, 5.41) is 12.3. The maximum atomic E-state index is 12.3. The molecule has 1 unspecified atom stereocenters. The third-order valence-corrected chi connectivity index (χ3v) is 5.15.